The molecular weight excluding hydrogens is 340 g/mol. The highest BCUT2D eigenvalue weighted by molar-refractivity contribution is 6.01. The number of anilines is 1. The van der Waals surface area contributed by atoms with Gasteiger partial charge >= 0.3 is 5.97 Å². The van der Waals surface area contributed by atoms with Gasteiger partial charge in [-0.15, -0.1) is 0 Å². The van der Waals surface area contributed by atoms with Crippen LogP contribution in [0.3, 0.4) is 0 Å². The van der Waals surface area contributed by atoms with E-state index in [0.717, 1.165) is 12.8 Å². The zero-order valence-corrected chi connectivity index (χ0v) is 14.8. The molecule has 0 bridgehead atoms. The number of rotatable bonds is 7. The second kappa shape index (κ2) is 7.23. The van der Waals surface area contributed by atoms with Crippen molar-refractivity contribution in [2.24, 2.45) is 5.92 Å². The van der Waals surface area contributed by atoms with E-state index in [1.54, 1.807) is 25.3 Å². The Hall–Kier alpha value is -2.77. The van der Waals surface area contributed by atoms with Crippen molar-refractivity contribution in [2.75, 3.05) is 32.2 Å². The minimum Gasteiger partial charge on any atom is -0.497 e. The molecule has 8 nitrogen and oxygen atoms in total. The molecule has 1 saturated carbocycles. The van der Waals surface area contributed by atoms with E-state index in [1.165, 1.54) is 16.9 Å². The number of amides is 2. The van der Waals surface area contributed by atoms with Gasteiger partial charge in [0.05, 0.1) is 25.8 Å². The molecule has 1 aromatic carbocycles. The minimum atomic E-state index is -1.04. The van der Waals surface area contributed by atoms with E-state index in [0.29, 0.717) is 17.2 Å². The maximum absolute atomic E-state index is 12.8. The summed E-state index contributed by atoms with van der Waals surface area (Å²) in [4.78, 5) is 39.2. The summed E-state index contributed by atoms with van der Waals surface area (Å²) in [6, 6.07) is 5.11. The maximum Gasteiger partial charge on any atom is 0.323 e. The molecule has 8 heteroatoms. The van der Waals surface area contributed by atoms with Crippen molar-refractivity contribution in [3.8, 4) is 11.5 Å². The van der Waals surface area contributed by atoms with Gasteiger partial charge in [-0.1, -0.05) is 0 Å². The van der Waals surface area contributed by atoms with Gasteiger partial charge in [0.15, 0.2) is 0 Å². The van der Waals surface area contributed by atoms with Crippen molar-refractivity contribution in [3.63, 3.8) is 0 Å². The molecule has 1 heterocycles. The van der Waals surface area contributed by atoms with Gasteiger partial charge in [0.1, 0.15) is 18.0 Å². The van der Waals surface area contributed by atoms with E-state index < -0.39 is 11.9 Å². The van der Waals surface area contributed by atoms with Gasteiger partial charge in [-0.05, 0) is 25.0 Å². The van der Waals surface area contributed by atoms with Crippen LogP contribution in [0.15, 0.2) is 18.2 Å². The average molecular weight is 362 g/mol. The number of hydrogen-bond donors (Lipinski definition) is 1. The van der Waals surface area contributed by atoms with Crippen LogP contribution in [0.1, 0.15) is 19.3 Å². The highest BCUT2D eigenvalue weighted by Crippen LogP contribution is 2.37. The molecule has 26 heavy (non-hydrogen) atoms. The molecule has 2 fully saturated rings. The van der Waals surface area contributed by atoms with E-state index in [4.69, 9.17) is 14.6 Å². The number of aliphatic carboxylic acids is 1. The summed E-state index contributed by atoms with van der Waals surface area (Å²) in [7, 11) is 3.04. The van der Waals surface area contributed by atoms with Gasteiger partial charge in [-0.3, -0.25) is 14.4 Å². The average Bonchev–Trinajstić information content (AvgIpc) is 3.40. The molecule has 3 rings (SSSR count). The Bertz CT molecular complexity index is 730. The highest BCUT2D eigenvalue weighted by atomic mass is 16.5. The third kappa shape index (κ3) is 3.58. The lowest BCUT2D eigenvalue weighted by Gasteiger charge is -2.24. The number of carboxylic acid groups (broad SMARTS) is 1. The predicted octanol–water partition coefficient (Wildman–Crippen LogP) is 1.13. The Labute approximate surface area is 151 Å². The van der Waals surface area contributed by atoms with Crippen LogP contribution in [0.25, 0.3) is 0 Å². The Kier molecular flexibility index (Phi) is 5.01. The van der Waals surface area contributed by atoms with Crippen LogP contribution in [-0.2, 0) is 14.4 Å². The molecule has 2 aliphatic rings. The number of nitrogens with zero attached hydrogens (tertiary/aromatic N) is 2. The molecule has 0 radical (unpaired) electrons. The second-order valence-corrected chi connectivity index (χ2v) is 6.53. The molecule has 1 saturated heterocycles. The number of ether oxygens (including phenoxy) is 2. The normalized spacial score (nSPS) is 19.4. The first-order valence-electron chi connectivity index (χ1n) is 8.49. The molecule has 1 aromatic rings. The Morgan fingerprint density at radius 3 is 2.58 bits per heavy atom. The van der Waals surface area contributed by atoms with Crippen molar-refractivity contribution < 1.29 is 29.0 Å². The van der Waals surface area contributed by atoms with Gasteiger partial charge in [0.25, 0.3) is 0 Å². The van der Waals surface area contributed by atoms with Crippen molar-refractivity contribution in [3.05, 3.63) is 18.2 Å². The van der Waals surface area contributed by atoms with Crippen LogP contribution < -0.4 is 14.4 Å². The fourth-order valence-electron chi connectivity index (χ4n) is 3.27. The standard InChI is InChI=1S/C18H22N2O6/c1-25-13-5-6-14(15(8-13)26-2)20-9-11(7-16(20)21)18(24)19(10-17(22)23)12-3-4-12/h5-6,8,11-12H,3-4,7,9-10H2,1-2H3,(H,22,23). The molecule has 2 amide bonds. The first-order chi connectivity index (χ1) is 12.4. The van der Waals surface area contributed by atoms with Crippen LogP contribution in [0.2, 0.25) is 0 Å². The quantitative estimate of drug-likeness (QED) is 0.781. The topological polar surface area (TPSA) is 96.4 Å². The van der Waals surface area contributed by atoms with Gasteiger partial charge in [-0.2, -0.15) is 0 Å². The Balaban J connectivity index is 1.78. The number of methoxy groups -OCH3 is 2. The fraction of sp³-hybridized carbons (Fsp3) is 0.500. The number of benzene rings is 1. The number of carbonyl (C=O) groups is 3. The molecule has 1 unspecified atom stereocenters. The summed E-state index contributed by atoms with van der Waals surface area (Å²) in [5.41, 5.74) is 0.574. The lowest BCUT2D eigenvalue weighted by atomic mass is 10.1. The van der Waals surface area contributed by atoms with Gasteiger partial charge in [-0.25, -0.2) is 0 Å². The van der Waals surface area contributed by atoms with E-state index in [-0.39, 0.29) is 37.4 Å². The van der Waals surface area contributed by atoms with E-state index in [9.17, 15) is 14.4 Å². The van der Waals surface area contributed by atoms with E-state index >= 15 is 0 Å². The summed E-state index contributed by atoms with van der Waals surface area (Å²) in [6.07, 6.45) is 1.70. The summed E-state index contributed by atoms with van der Waals surface area (Å²) in [6.45, 7) is -0.108. The first-order valence-corrected chi connectivity index (χ1v) is 8.49. The van der Waals surface area contributed by atoms with Crippen LogP contribution in [-0.4, -0.2) is 61.1 Å². The fourth-order valence-corrected chi connectivity index (χ4v) is 3.27. The van der Waals surface area contributed by atoms with Gasteiger partial charge in [0.2, 0.25) is 11.8 Å². The SMILES string of the molecule is COc1ccc(N2CC(C(=O)N(CC(=O)O)C3CC3)CC2=O)c(OC)c1. The number of carbonyl (C=O) groups excluding carboxylic acids is 2. The predicted molar refractivity (Wildman–Crippen MR) is 92.4 cm³/mol. The molecular formula is C18H22N2O6. The van der Waals surface area contributed by atoms with Gasteiger partial charge < -0.3 is 24.4 Å². The third-order valence-electron chi connectivity index (χ3n) is 4.73. The Morgan fingerprint density at radius 1 is 1.27 bits per heavy atom. The van der Waals surface area contributed by atoms with E-state index in [1.807, 2.05) is 0 Å². The number of hydrogen-bond acceptors (Lipinski definition) is 5. The molecule has 140 valence electrons. The van der Waals surface area contributed by atoms with Crippen LogP contribution in [0, 0.1) is 5.92 Å². The molecule has 1 atom stereocenters. The largest absolute Gasteiger partial charge is 0.497 e. The Morgan fingerprint density at radius 2 is 2.00 bits per heavy atom. The third-order valence-corrected chi connectivity index (χ3v) is 4.73. The van der Waals surface area contributed by atoms with Crippen LogP contribution in [0.4, 0.5) is 5.69 Å². The number of carboxylic acids is 1. The lowest BCUT2D eigenvalue weighted by molar-refractivity contribution is -0.146. The smallest absolute Gasteiger partial charge is 0.323 e. The maximum atomic E-state index is 12.8. The molecule has 1 aliphatic carbocycles. The zero-order valence-electron chi connectivity index (χ0n) is 14.8. The van der Waals surface area contributed by atoms with Crippen LogP contribution >= 0.6 is 0 Å². The summed E-state index contributed by atoms with van der Waals surface area (Å²) in [5, 5.41) is 9.05. The zero-order chi connectivity index (χ0) is 18.8. The van der Waals surface area contributed by atoms with Crippen molar-refractivity contribution >= 4 is 23.5 Å². The van der Waals surface area contributed by atoms with Crippen LogP contribution in [0.5, 0.6) is 11.5 Å². The summed E-state index contributed by atoms with van der Waals surface area (Å²) < 4.78 is 10.5. The molecule has 1 N–H and O–H groups in total. The first kappa shape index (κ1) is 18.0. The molecule has 1 aliphatic heterocycles. The molecule has 0 spiro atoms. The second-order valence-electron chi connectivity index (χ2n) is 6.53. The highest BCUT2D eigenvalue weighted by Gasteiger charge is 2.42. The minimum absolute atomic E-state index is 0.0155. The summed E-state index contributed by atoms with van der Waals surface area (Å²) in [5.74, 6) is -0.949. The molecule has 0 aromatic heterocycles. The monoisotopic (exact) mass is 362 g/mol. The lowest BCUT2D eigenvalue weighted by Crippen LogP contribution is -2.42. The van der Waals surface area contributed by atoms with Crippen molar-refractivity contribution in [1.29, 1.82) is 0 Å². The van der Waals surface area contributed by atoms with Crippen molar-refractivity contribution in [1.82, 2.24) is 4.90 Å². The van der Waals surface area contributed by atoms with Crippen molar-refractivity contribution in [2.45, 2.75) is 25.3 Å². The van der Waals surface area contributed by atoms with E-state index in [2.05, 4.69) is 0 Å². The summed E-state index contributed by atoms with van der Waals surface area (Å²) >= 11 is 0. The van der Waals surface area contributed by atoms with Gasteiger partial charge in [0, 0.05) is 25.1 Å².